The average molecular weight is 232 g/mol. The molecule has 0 aromatic heterocycles. The standard InChI is InChI=1S/C14H20N2O/c17-14-5-3-4-12-11(8-15-9-13(12)14)10-16-6-1-2-7-16/h3-5,11,15,17H,1-2,6-10H2. The van der Waals surface area contributed by atoms with Gasteiger partial charge in [0, 0.05) is 31.1 Å². The van der Waals surface area contributed by atoms with Crippen LogP contribution in [0.15, 0.2) is 18.2 Å². The van der Waals surface area contributed by atoms with E-state index in [1.165, 1.54) is 31.5 Å². The summed E-state index contributed by atoms with van der Waals surface area (Å²) in [5.74, 6) is 0.977. The van der Waals surface area contributed by atoms with Crippen LogP contribution in [0, 0.1) is 0 Å². The van der Waals surface area contributed by atoms with Gasteiger partial charge < -0.3 is 15.3 Å². The Morgan fingerprint density at radius 3 is 2.94 bits per heavy atom. The molecule has 1 aromatic carbocycles. The van der Waals surface area contributed by atoms with Crippen molar-refractivity contribution < 1.29 is 5.11 Å². The molecule has 3 nitrogen and oxygen atoms in total. The molecule has 0 amide bonds. The van der Waals surface area contributed by atoms with Gasteiger partial charge in [0.15, 0.2) is 0 Å². The lowest BCUT2D eigenvalue weighted by Crippen LogP contribution is -2.35. The summed E-state index contributed by atoms with van der Waals surface area (Å²) in [6.45, 7) is 5.45. The van der Waals surface area contributed by atoms with Gasteiger partial charge in [0.2, 0.25) is 0 Å². The van der Waals surface area contributed by atoms with Gasteiger partial charge in [-0.05, 0) is 37.6 Å². The van der Waals surface area contributed by atoms with E-state index in [-0.39, 0.29) is 0 Å². The second kappa shape index (κ2) is 4.67. The number of likely N-dealkylation sites (tertiary alicyclic amines) is 1. The van der Waals surface area contributed by atoms with Gasteiger partial charge in [-0.25, -0.2) is 0 Å². The van der Waals surface area contributed by atoms with Crippen molar-refractivity contribution in [1.29, 1.82) is 0 Å². The minimum absolute atomic E-state index is 0.445. The van der Waals surface area contributed by atoms with Crippen LogP contribution in [0.3, 0.4) is 0 Å². The summed E-state index contributed by atoms with van der Waals surface area (Å²) in [5, 5.41) is 13.3. The van der Waals surface area contributed by atoms with E-state index in [1.54, 1.807) is 6.07 Å². The maximum atomic E-state index is 9.88. The first kappa shape index (κ1) is 11.1. The number of phenols is 1. The maximum absolute atomic E-state index is 9.88. The van der Waals surface area contributed by atoms with Crippen LogP contribution in [-0.2, 0) is 6.54 Å². The van der Waals surface area contributed by atoms with Gasteiger partial charge in [0.05, 0.1) is 0 Å². The normalized spacial score (nSPS) is 24.8. The highest BCUT2D eigenvalue weighted by molar-refractivity contribution is 5.42. The molecule has 3 heteroatoms. The van der Waals surface area contributed by atoms with Crippen molar-refractivity contribution in [2.24, 2.45) is 0 Å². The van der Waals surface area contributed by atoms with Crippen molar-refractivity contribution in [3.63, 3.8) is 0 Å². The predicted octanol–water partition coefficient (Wildman–Crippen LogP) is 1.67. The SMILES string of the molecule is Oc1cccc2c1CNCC2CN1CCCC1. The van der Waals surface area contributed by atoms with Gasteiger partial charge in [-0.3, -0.25) is 0 Å². The number of rotatable bonds is 2. The van der Waals surface area contributed by atoms with Crippen LogP contribution >= 0.6 is 0 Å². The van der Waals surface area contributed by atoms with E-state index >= 15 is 0 Å². The topological polar surface area (TPSA) is 35.5 Å². The number of hydrogen-bond acceptors (Lipinski definition) is 3. The molecule has 2 heterocycles. The maximum Gasteiger partial charge on any atom is 0.120 e. The van der Waals surface area contributed by atoms with Gasteiger partial charge >= 0.3 is 0 Å². The zero-order valence-corrected chi connectivity index (χ0v) is 10.2. The summed E-state index contributed by atoms with van der Waals surface area (Å²) >= 11 is 0. The van der Waals surface area contributed by atoms with E-state index < -0.39 is 0 Å². The largest absolute Gasteiger partial charge is 0.508 e. The molecule has 17 heavy (non-hydrogen) atoms. The van der Waals surface area contributed by atoms with Crippen LogP contribution in [0.1, 0.15) is 29.9 Å². The monoisotopic (exact) mass is 232 g/mol. The molecule has 0 aliphatic carbocycles. The molecule has 2 N–H and O–H groups in total. The third kappa shape index (κ3) is 2.17. The van der Waals surface area contributed by atoms with E-state index in [0.717, 1.165) is 25.2 Å². The summed E-state index contributed by atoms with van der Waals surface area (Å²) in [5.41, 5.74) is 2.44. The minimum Gasteiger partial charge on any atom is -0.508 e. The fourth-order valence-electron chi connectivity index (χ4n) is 3.09. The van der Waals surface area contributed by atoms with Crippen LogP contribution in [0.25, 0.3) is 0 Å². The second-order valence-corrected chi connectivity index (χ2v) is 5.18. The summed E-state index contributed by atoms with van der Waals surface area (Å²) in [4.78, 5) is 2.55. The Bertz CT molecular complexity index is 399. The molecular weight excluding hydrogens is 212 g/mol. The lowest BCUT2D eigenvalue weighted by Gasteiger charge is -2.30. The Balaban J connectivity index is 1.81. The van der Waals surface area contributed by atoms with Crippen molar-refractivity contribution in [2.45, 2.75) is 25.3 Å². The number of benzene rings is 1. The zero-order chi connectivity index (χ0) is 11.7. The fraction of sp³-hybridized carbons (Fsp3) is 0.571. The zero-order valence-electron chi connectivity index (χ0n) is 10.2. The molecule has 1 fully saturated rings. The number of nitrogens with zero attached hydrogens (tertiary/aromatic N) is 1. The summed E-state index contributed by atoms with van der Waals surface area (Å²) in [6.07, 6.45) is 2.68. The van der Waals surface area contributed by atoms with Crippen LogP contribution in [-0.4, -0.2) is 36.2 Å². The Morgan fingerprint density at radius 2 is 2.12 bits per heavy atom. The average Bonchev–Trinajstić information content (AvgIpc) is 2.83. The molecule has 0 spiro atoms. The second-order valence-electron chi connectivity index (χ2n) is 5.18. The van der Waals surface area contributed by atoms with E-state index in [1.807, 2.05) is 6.07 Å². The highest BCUT2D eigenvalue weighted by Gasteiger charge is 2.24. The molecule has 1 aromatic rings. The number of aromatic hydroxyl groups is 1. The third-order valence-electron chi connectivity index (χ3n) is 4.00. The first-order valence-electron chi connectivity index (χ1n) is 6.58. The Morgan fingerprint density at radius 1 is 1.29 bits per heavy atom. The Hall–Kier alpha value is -1.06. The van der Waals surface area contributed by atoms with E-state index in [4.69, 9.17) is 0 Å². The van der Waals surface area contributed by atoms with Gasteiger partial charge in [-0.1, -0.05) is 12.1 Å². The van der Waals surface area contributed by atoms with E-state index in [2.05, 4.69) is 16.3 Å². The number of fused-ring (bicyclic) bond motifs is 1. The summed E-state index contributed by atoms with van der Waals surface area (Å²) in [6, 6.07) is 5.94. The molecular formula is C14H20N2O. The molecule has 0 bridgehead atoms. The van der Waals surface area contributed by atoms with Crippen LogP contribution in [0.4, 0.5) is 0 Å². The molecule has 3 rings (SSSR count). The predicted molar refractivity (Wildman–Crippen MR) is 68.2 cm³/mol. The summed E-state index contributed by atoms with van der Waals surface area (Å²) < 4.78 is 0. The molecule has 1 saturated heterocycles. The highest BCUT2D eigenvalue weighted by atomic mass is 16.3. The van der Waals surface area contributed by atoms with Gasteiger partial charge in [0.25, 0.3) is 0 Å². The van der Waals surface area contributed by atoms with Crippen molar-refractivity contribution in [3.05, 3.63) is 29.3 Å². The third-order valence-corrected chi connectivity index (χ3v) is 4.00. The van der Waals surface area contributed by atoms with Crippen molar-refractivity contribution >= 4 is 0 Å². The molecule has 2 aliphatic heterocycles. The smallest absolute Gasteiger partial charge is 0.120 e. The molecule has 1 unspecified atom stereocenters. The van der Waals surface area contributed by atoms with E-state index in [0.29, 0.717) is 11.7 Å². The van der Waals surface area contributed by atoms with Crippen molar-refractivity contribution in [1.82, 2.24) is 10.2 Å². The molecule has 0 saturated carbocycles. The molecule has 92 valence electrons. The summed E-state index contributed by atoms with van der Waals surface area (Å²) in [7, 11) is 0. The number of hydrogen-bond donors (Lipinski definition) is 2. The van der Waals surface area contributed by atoms with Crippen LogP contribution in [0.5, 0.6) is 5.75 Å². The molecule has 2 aliphatic rings. The van der Waals surface area contributed by atoms with Gasteiger partial charge in [0.1, 0.15) is 5.75 Å². The van der Waals surface area contributed by atoms with Crippen molar-refractivity contribution in [3.8, 4) is 5.75 Å². The van der Waals surface area contributed by atoms with Gasteiger partial charge in [-0.15, -0.1) is 0 Å². The van der Waals surface area contributed by atoms with Crippen LogP contribution in [0.2, 0.25) is 0 Å². The Kier molecular flexibility index (Phi) is 3.04. The minimum atomic E-state index is 0.445. The highest BCUT2D eigenvalue weighted by Crippen LogP contribution is 2.31. The number of phenolic OH excluding ortho intramolecular Hbond substituents is 1. The Labute approximate surface area is 102 Å². The van der Waals surface area contributed by atoms with Gasteiger partial charge in [-0.2, -0.15) is 0 Å². The van der Waals surface area contributed by atoms with Crippen molar-refractivity contribution in [2.75, 3.05) is 26.2 Å². The fourth-order valence-corrected chi connectivity index (χ4v) is 3.09. The lowest BCUT2D eigenvalue weighted by atomic mass is 9.90. The van der Waals surface area contributed by atoms with E-state index in [9.17, 15) is 5.11 Å². The first-order chi connectivity index (χ1) is 8.34. The first-order valence-corrected chi connectivity index (χ1v) is 6.58. The van der Waals surface area contributed by atoms with Crippen LogP contribution < -0.4 is 5.32 Å². The molecule has 0 radical (unpaired) electrons. The lowest BCUT2D eigenvalue weighted by molar-refractivity contribution is 0.302. The quantitative estimate of drug-likeness (QED) is 0.814. The number of nitrogens with one attached hydrogen (secondary N) is 1. The molecule has 1 atom stereocenters.